The van der Waals surface area contributed by atoms with Gasteiger partial charge in [0.25, 0.3) is 0 Å². The third-order valence-corrected chi connectivity index (χ3v) is 4.95. The van der Waals surface area contributed by atoms with Gasteiger partial charge in [0.1, 0.15) is 0 Å². The second-order valence-corrected chi connectivity index (χ2v) is 6.20. The van der Waals surface area contributed by atoms with Crippen molar-refractivity contribution < 1.29 is 4.74 Å². The lowest BCUT2D eigenvalue weighted by Crippen LogP contribution is -2.47. The minimum Gasteiger partial charge on any atom is -0.371 e. The van der Waals surface area contributed by atoms with Gasteiger partial charge in [-0.25, -0.2) is 0 Å². The average Bonchev–Trinajstić information content (AvgIpc) is 2.28. The van der Waals surface area contributed by atoms with Gasteiger partial charge in [0, 0.05) is 0 Å². The van der Waals surface area contributed by atoms with Crippen molar-refractivity contribution in [2.24, 2.45) is 5.92 Å². The normalized spacial score (nSPS) is 44.4. The van der Waals surface area contributed by atoms with E-state index in [-0.39, 0.29) is 5.60 Å². The van der Waals surface area contributed by atoms with Crippen LogP contribution in [0.2, 0.25) is 0 Å². The van der Waals surface area contributed by atoms with Gasteiger partial charge in [-0.05, 0) is 57.3 Å². The second kappa shape index (κ2) is 4.18. The van der Waals surface area contributed by atoms with Gasteiger partial charge in [-0.1, -0.05) is 25.0 Å². The molecule has 2 aliphatic carbocycles. The molecule has 0 aromatic rings. The van der Waals surface area contributed by atoms with E-state index in [0.717, 1.165) is 12.3 Å². The van der Waals surface area contributed by atoms with Crippen LogP contribution in [0.1, 0.15) is 64.2 Å². The van der Waals surface area contributed by atoms with E-state index in [1.807, 2.05) is 0 Å². The molecule has 90 valence electrons. The number of hydrogen-bond donors (Lipinski definition) is 0. The monoisotopic (exact) mass is 220 g/mol. The Balaban J connectivity index is 1.71. The molecule has 3 fully saturated rings. The molecule has 1 aliphatic heterocycles. The summed E-state index contributed by atoms with van der Waals surface area (Å²) in [6.07, 6.45) is 13.8. The Kier molecular flexibility index (Phi) is 2.83. The molecule has 0 unspecified atom stereocenters. The van der Waals surface area contributed by atoms with E-state index in [1.165, 1.54) is 63.4 Å². The standard InChI is InChI=1S/C15H24O/c1-12-5-4-9-15(11-12)10-8-13-6-2-3-7-14(13)16-15/h13-14H,1-11H2/t13-,14+,15-/m0/s1. The van der Waals surface area contributed by atoms with Crippen molar-refractivity contribution in [1.82, 2.24) is 0 Å². The zero-order chi connectivity index (χ0) is 11.0. The van der Waals surface area contributed by atoms with Crippen molar-refractivity contribution in [3.63, 3.8) is 0 Å². The van der Waals surface area contributed by atoms with Gasteiger partial charge in [0.05, 0.1) is 11.7 Å². The molecule has 2 saturated carbocycles. The molecular weight excluding hydrogens is 196 g/mol. The van der Waals surface area contributed by atoms with Gasteiger partial charge in [-0.2, -0.15) is 0 Å². The van der Waals surface area contributed by atoms with Gasteiger partial charge in [0.2, 0.25) is 0 Å². The van der Waals surface area contributed by atoms with Crippen LogP contribution in [0.25, 0.3) is 0 Å². The van der Waals surface area contributed by atoms with Crippen LogP contribution in [0.4, 0.5) is 0 Å². The lowest BCUT2D eigenvalue weighted by Gasteiger charge is -2.49. The molecule has 3 rings (SSSR count). The van der Waals surface area contributed by atoms with E-state index in [0.29, 0.717) is 6.10 Å². The van der Waals surface area contributed by atoms with E-state index in [1.54, 1.807) is 0 Å². The van der Waals surface area contributed by atoms with Crippen LogP contribution >= 0.6 is 0 Å². The largest absolute Gasteiger partial charge is 0.371 e. The van der Waals surface area contributed by atoms with Gasteiger partial charge in [0.15, 0.2) is 0 Å². The summed E-state index contributed by atoms with van der Waals surface area (Å²) in [5.41, 5.74) is 1.65. The summed E-state index contributed by atoms with van der Waals surface area (Å²) in [6, 6.07) is 0. The molecule has 1 saturated heterocycles. The Morgan fingerprint density at radius 3 is 2.81 bits per heavy atom. The van der Waals surface area contributed by atoms with E-state index in [2.05, 4.69) is 6.58 Å². The first-order chi connectivity index (χ1) is 7.77. The zero-order valence-electron chi connectivity index (χ0n) is 10.3. The molecule has 1 heteroatoms. The highest BCUT2D eigenvalue weighted by atomic mass is 16.5. The third kappa shape index (κ3) is 1.95. The number of ether oxygens (including phenoxy) is 1. The molecule has 0 bridgehead atoms. The lowest BCUT2D eigenvalue weighted by atomic mass is 9.72. The van der Waals surface area contributed by atoms with Crippen LogP contribution in [0.5, 0.6) is 0 Å². The maximum atomic E-state index is 6.53. The molecular formula is C15H24O. The molecule has 0 radical (unpaired) electrons. The molecule has 0 N–H and O–H groups in total. The summed E-state index contributed by atoms with van der Waals surface area (Å²) in [4.78, 5) is 0. The SMILES string of the molecule is C=C1CCC[C@]2(CC[C@@H]3CCCC[C@H]3O2)C1. The third-order valence-electron chi connectivity index (χ3n) is 4.95. The molecule has 1 nitrogen and oxygen atoms in total. The van der Waals surface area contributed by atoms with Crippen LogP contribution < -0.4 is 0 Å². The maximum absolute atomic E-state index is 6.53. The first-order valence-electron chi connectivity index (χ1n) is 7.12. The average molecular weight is 220 g/mol. The smallest absolute Gasteiger partial charge is 0.0723 e. The Bertz CT molecular complexity index is 283. The first kappa shape index (κ1) is 10.8. The maximum Gasteiger partial charge on any atom is 0.0723 e. The van der Waals surface area contributed by atoms with Crippen molar-refractivity contribution >= 4 is 0 Å². The second-order valence-electron chi connectivity index (χ2n) is 6.20. The first-order valence-corrected chi connectivity index (χ1v) is 7.12. The van der Waals surface area contributed by atoms with Crippen molar-refractivity contribution in [2.75, 3.05) is 0 Å². The summed E-state index contributed by atoms with van der Waals surface area (Å²) < 4.78 is 6.53. The van der Waals surface area contributed by atoms with Crippen LogP contribution in [0, 0.1) is 5.92 Å². The molecule has 16 heavy (non-hydrogen) atoms. The number of rotatable bonds is 0. The molecule has 0 aromatic carbocycles. The fourth-order valence-electron chi connectivity index (χ4n) is 4.09. The molecule has 1 heterocycles. The van der Waals surface area contributed by atoms with Crippen LogP contribution in [-0.2, 0) is 4.74 Å². The van der Waals surface area contributed by atoms with E-state index < -0.39 is 0 Å². The highest BCUT2D eigenvalue weighted by molar-refractivity contribution is 5.08. The summed E-state index contributed by atoms with van der Waals surface area (Å²) in [7, 11) is 0. The van der Waals surface area contributed by atoms with Gasteiger partial charge in [-0.3, -0.25) is 0 Å². The summed E-state index contributed by atoms with van der Waals surface area (Å²) in [5, 5.41) is 0. The zero-order valence-corrected chi connectivity index (χ0v) is 10.3. The lowest BCUT2D eigenvalue weighted by molar-refractivity contribution is -0.171. The minimum absolute atomic E-state index is 0.216. The topological polar surface area (TPSA) is 9.23 Å². The van der Waals surface area contributed by atoms with E-state index in [4.69, 9.17) is 4.74 Å². The minimum atomic E-state index is 0.216. The van der Waals surface area contributed by atoms with Crippen molar-refractivity contribution in [3.8, 4) is 0 Å². The fourth-order valence-corrected chi connectivity index (χ4v) is 4.09. The van der Waals surface area contributed by atoms with Gasteiger partial charge in [-0.15, -0.1) is 0 Å². The Hall–Kier alpha value is -0.300. The summed E-state index contributed by atoms with van der Waals surface area (Å²) >= 11 is 0. The van der Waals surface area contributed by atoms with Crippen molar-refractivity contribution in [1.29, 1.82) is 0 Å². The summed E-state index contributed by atoms with van der Waals surface area (Å²) in [6.45, 7) is 4.19. The number of hydrogen-bond acceptors (Lipinski definition) is 1. The molecule has 3 atom stereocenters. The predicted molar refractivity (Wildman–Crippen MR) is 66.4 cm³/mol. The van der Waals surface area contributed by atoms with Gasteiger partial charge >= 0.3 is 0 Å². The highest BCUT2D eigenvalue weighted by Crippen LogP contribution is 2.46. The molecule has 1 spiro atoms. The van der Waals surface area contributed by atoms with E-state index >= 15 is 0 Å². The van der Waals surface area contributed by atoms with Crippen LogP contribution in [-0.4, -0.2) is 11.7 Å². The highest BCUT2D eigenvalue weighted by Gasteiger charge is 2.43. The Morgan fingerprint density at radius 1 is 1.06 bits per heavy atom. The van der Waals surface area contributed by atoms with Crippen molar-refractivity contribution in [3.05, 3.63) is 12.2 Å². The Morgan fingerprint density at radius 2 is 1.94 bits per heavy atom. The summed E-state index contributed by atoms with van der Waals surface area (Å²) in [5.74, 6) is 0.884. The van der Waals surface area contributed by atoms with Crippen LogP contribution in [0.3, 0.4) is 0 Å². The molecule has 0 amide bonds. The Labute approximate surface area is 99.3 Å². The van der Waals surface area contributed by atoms with Crippen molar-refractivity contribution in [2.45, 2.75) is 75.9 Å². The molecule has 3 aliphatic rings. The predicted octanol–water partition coefficient (Wildman–Crippen LogP) is 4.22. The van der Waals surface area contributed by atoms with Crippen LogP contribution in [0.15, 0.2) is 12.2 Å². The molecule has 0 aromatic heterocycles. The van der Waals surface area contributed by atoms with Gasteiger partial charge < -0.3 is 4.74 Å². The fraction of sp³-hybridized carbons (Fsp3) is 0.867. The van der Waals surface area contributed by atoms with E-state index in [9.17, 15) is 0 Å². The quantitative estimate of drug-likeness (QED) is 0.555. The number of fused-ring (bicyclic) bond motifs is 1.